The molecule has 1 aliphatic heterocycles. The molecule has 1 aliphatic rings. The van der Waals surface area contributed by atoms with Crippen LogP contribution in [0.5, 0.6) is 5.75 Å². The Morgan fingerprint density at radius 1 is 0.976 bits per heavy atom. The number of carbonyl (C=O) groups is 3. The fourth-order valence-electron chi connectivity index (χ4n) is 5.73. The van der Waals surface area contributed by atoms with Crippen molar-refractivity contribution in [2.24, 2.45) is 11.1 Å². The minimum atomic E-state index is -0.835. The van der Waals surface area contributed by atoms with Gasteiger partial charge in [-0.25, -0.2) is 14.5 Å². The molecule has 3 amide bonds. The first-order valence-electron chi connectivity index (χ1n) is 14.2. The zero-order valence-corrected chi connectivity index (χ0v) is 24.8. The average molecular weight is 573 g/mol. The molecule has 2 atom stereocenters. The van der Waals surface area contributed by atoms with Crippen molar-refractivity contribution >= 4 is 18.1 Å². The van der Waals surface area contributed by atoms with E-state index in [1.54, 1.807) is 7.11 Å². The smallest absolute Gasteiger partial charge is 0.416 e. The summed E-state index contributed by atoms with van der Waals surface area (Å²) in [4.78, 5) is 39.1. The van der Waals surface area contributed by atoms with Crippen molar-refractivity contribution in [3.05, 3.63) is 101 Å². The fraction of sp³-hybridized carbons (Fsp3) is 0.382. The van der Waals surface area contributed by atoms with E-state index in [9.17, 15) is 14.4 Å². The van der Waals surface area contributed by atoms with Gasteiger partial charge in [-0.1, -0.05) is 87.5 Å². The monoisotopic (exact) mass is 572 g/mol. The van der Waals surface area contributed by atoms with Crippen LogP contribution in [0.3, 0.4) is 0 Å². The molecule has 4 rings (SSSR count). The van der Waals surface area contributed by atoms with Crippen molar-refractivity contribution in [1.29, 1.82) is 0 Å². The van der Waals surface area contributed by atoms with Crippen LogP contribution in [-0.4, -0.2) is 49.4 Å². The van der Waals surface area contributed by atoms with Gasteiger partial charge in [0.2, 0.25) is 5.91 Å². The number of primary amides is 1. The number of ether oxygens (including phenoxy) is 3. The first-order chi connectivity index (χ1) is 20.0. The normalized spacial score (nSPS) is 16.4. The molecule has 0 bridgehead atoms. The van der Waals surface area contributed by atoms with Gasteiger partial charge < -0.3 is 19.9 Å². The van der Waals surface area contributed by atoms with Crippen LogP contribution in [0.2, 0.25) is 0 Å². The number of hydrogen-bond donors (Lipinski definition) is 1. The summed E-state index contributed by atoms with van der Waals surface area (Å²) >= 11 is 0. The Bertz CT molecular complexity index is 1390. The molecule has 1 unspecified atom stereocenters. The maximum absolute atomic E-state index is 13.4. The Labute approximate surface area is 247 Å². The van der Waals surface area contributed by atoms with Gasteiger partial charge in [0.1, 0.15) is 19.0 Å². The highest BCUT2D eigenvalue weighted by Crippen LogP contribution is 2.45. The van der Waals surface area contributed by atoms with Crippen molar-refractivity contribution in [2.45, 2.75) is 57.9 Å². The molecule has 0 radical (unpaired) electrons. The van der Waals surface area contributed by atoms with Crippen LogP contribution in [-0.2, 0) is 38.9 Å². The SMILES string of the molecule is COc1ccc(CCC(=O)N2C(=O)OCC2Cc2ccccc2)c(C[C@](COC(N)=O)(c2ccccc2)C(C)(C)C)c1. The third kappa shape index (κ3) is 6.93. The van der Waals surface area contributed by atoms with Gasteiger partial charge in [-0.3, -0.25) is 4.79 Å². The lowest BCUT2D eigenvalue weighted by Crippen LogP contribution is -2.47. The number of amides is 3. The number of rotatable bonds is 11. The second-order valence-corrected chi connectivity index (χ2v) is 11.8. The Morgan fingerprint density at radius 2 is 1.64 bits per heavy atom. The summed E-state index contributed by atoms with van der Waals surface area (Å²) in [5, 5.41) is 0. The minimum Gasteiger partial charge on any atom is -0.497 e. The van der Waals surface area contributed by atoms with Crippen LogP contribution in [0.25, 0.3) is 0 Å². The zero-order valence-electron chi connectivity index (χ0n) is 24.8. The number of methoxy groups -OCH3 is 1. The molecule has 1 fully saturated rings. The molecule has 222 valence electrons. The minimum absolute atomic E-state index is 0.0756. The zero-order chi connectivity index (χ0) is 30.3. The van der Waals surface area contributed by atoms with Gasteiger partial charge in [-0.2, -0.15) is 0 Å². The van der Waals surface area contributed by atoms with Crippen LogP contribution in [0, 0.1) is 5.41 Å². The fourth-order valence-corrected chi connectivity index (χ4v) is 5.73. The van der Waals surface area contributed by atoms with Gasteiger partial charge in [0.05, 0.1) is 13.2 Å². The van der Waals surface area contributed by atoms with E-state index >= 15 is 0 Å². The molecule has 1 saturated heterocycles. The van der Waals surface area contributed by atoms with E-state index in [-0.39, 0.29) is 37.0 Å². The van der Waals surface area contributed by atoms with E-state index in [2.05, 4.69) is 20.8 Å². The molecule has 42 heavy (non-hydrogen) atoms. The summed E-state index contributed by atoms with van der Waals surface area (Å²) in [5.41, 5.74) is 8.38. The number of nitrogens with zero attached hydrogens (tertiary/aromatic N) is 1. The van der Waals surface area contributed by atoms with Gasteiger partial charge in [-0.15, -0.1) is 0 Å². The molecular formula is C34H40N2O6. The molecule has 2 N–H and O–H groups in total. The van der Waals surface area contributed by atoms with Crippen LogP contribution in [0.15, 0.2) is 78.9 Å². The molecule has 0 spiro atoms. The van der Waals surface area contributed by atoms with E-state index in [0.717, 1.165) is 22.3 Å². The largest absolute Gasteiger partial charge is 0.497 e. The summed E-state index contributed by atoms with van der Waals surface area (Å²) in [6.45, 7) is 6.59. The maximum atomic E-state index is 13.4. The third-order valence-electron chi connectivity index (χ3n) is 8.28. The number of imide groups is 1. The molecule has 3 aromatic carbocycles. The molecule has 8 nitrogen and oxygen atoms in total. The molecule has 3 aromatic rings. The van der Waals surface area contributed by atoms with Crippen LogP contribution < -0.4 is 10.5 Å². The third-order valence-corrected chi connectivity index (χ3v) is 8.28. The van der Waals surface area contributed by atoms with E-state index in [1.807, 2.05) is 78.9 Å². The summed E-state index contributed by atoms with van der Waals surface area (Å²) in [6.07, 6.45) is 0.138. The van der Waals surface area contributed by atoms with Gasteiger partial charge in [0, 0.05) is 11.8 Å². The lowest BCUT2D eigenvalue weighted by molar-refractivity contribution is -0.129. The number of benzene rings is 3. The highest BCUT2D eigenvalue weighted by atomic mass is 16.6. The van der Waals surface area contributed by atoms with E-state index < -0.39 is 17.6 Å². The second kappa shape index (κ2) is 13.1. The van der Waals surface area contributed by atoms with Gasteiger partial charge in [-0.05, 0) is 59.1 Å². The molecule has 0 aromatic heterocycles. The van der Waals surface area contributed by atoms with Crippen molar-refractivity contribution in [2.75, 3.05) is 20.3 Å². The van der Waals surface area contributed by atoms with Crippen molar-refractivity contribution in [3.63, 3.8) is 0 Å². The quantitative estimate of drug-likeness (QED) is 0.309. The number of nitrogens with two attached hydrogens (primary N) is 1. The van der Waals surface area contributed by atoms with Crippen LogP contribution in [0.4, 0.5) is 9.59 Å². The summed E-state index contributed by atoms with van der Waals surface area (Å²) < 4.78 is 16.3. The summed E-state index contributed by atoms with van der Waals surface area (Å²) in [7, 11) is 1.61. The first-order valence-corrected chi connectivity index (χ1v) is 14.2. The topological polar surface area (TPSA) is 108 Å². The van der Waals surface area contributed by atoms with Crippen molar-refractivity contribution < 1.29 is 28.6 Å². The summed E-state index contributed by atoms with van der Waals surface area (Å²) in [5.74, 6) is 0.403. The van der Waals surface area contributed by atoms with E-state index in [0.29, 0.717) is 25.0 Å². The van der Waals surface area contributed by atoms with Gasteiger partial charge >= 0.3 is 12.2 Å². The van der Waals surface area contributed by atoms with E-state index in [1.165, 1.54) is 4.90 Å². The number of hydrogen-bond acceptors (Lipinski definition) is 6. The number of cyclic esters (lactones) is 1. The first kappa shape index (κ1) is 30.6. The Morgan fingerprint density at radius 3 is 2.26 bits per heavy atom. The van der Waals surface area contributed by atoms with Gasteiger partial charge in [0.15, 0.2) is 0 Å². The molecule has 8 heteroatoms. The van der Waals surface area contributed by atoms with Gasteiger partial charge in [0.25, 0.3) is 0 Å². The van der Waals surface area contributed by atoms with Crippen molar-refractivity contribution in [3.8, 4) is 5.75 Å². The van der Waals surface area contributed by atoms with Crippen LogP contribution in [0.1, 0.15) is 49.4 Å². The molecule has 0 aliphatic carbocycles. The highest BCUT2D eigenvalue weighted by Gasteiger charge is 2.45. The molecule has 1 heterocycles. The van der Waals surface area contributed by atoms with Crippen LogP contribution >= 0.6 is 0 Å². The highest BCUT2D eigenvalue weighted by molar-refractivity contribution is 5.93. The lowest BCUT2D eigenvalue weighted by Gasteiger charge is -2.45. The average Bonchev–Trinajstić information content (AvgIpc) is 3.33. The standard InChI is InChI=1S/C34H40N2O6/c1-33(2,3)34(23-42-31(35)38,27-13-9-6-10-14-27)21-26-20-29(40-4)17-15-25(26)16-18-30(37)36-28(22-41-32(36)39)19-24-11-7-5-8-12-24/h5-15,17,20,28H,16,18-19,21-23H2,1-4H3,(H2,35,38)/t28?,34-/m0/s1. The van der Waals surface area contributed by atoms with E-state index in [4.69, 9.17) is 19.9 Å². The Hall–Kier alpha value is -4.33. The Balaban J connectivity index is 1.62. The Kier molecular flexibility index (Phi) is 9.55. The summed E-state index contributed by atoms with van der Waals surface area (Å²) in [6, 6.07) is 25.1. The lowest BCUT2D eigenvalue weighted by atomic mass is 9.60. The molecular weight excluding hydrogens is 532 g/mol. The van der Waals surface area contributed by atoms with Crippen molar-refractivity contribution in [1.82, 2.24) is 4.90 Å². The predicted molar refractivity (Wildman–Crippen MR) is 160 cm³/mol. The second-order valence-electron chi connectivity index (χ2n) is 11.8. The number of aryl methyl sites for hydroxylation is 1. The maximum Gasteiger partial charge on any atom is 0.416 e. The predicted octanol–water partition coefficient (Wildman–Crippen LogP) is 5.84. The molecule has 0 saturated carbocycles. The number of carbonyl (C=O) groups excluding carboxylic acids is 3.